The topological polar surface area (TPSA) is 88.4 Å². The van der Waals surface area contributed by atoms with Crippen LogP contribution in [0, 0.1) is 5.82 Å². The van der Waals surface area contributed by atoms with Crippen LogP contribution in [0.2, 0.25) is 0 Å². The van der Waals surface area contributed by atoms with Crippen molar-refractivity contribution in [2.45, 2.75) is 39.3 Å². The van der Waals surface area contributed by atoms with E-state index in [2.05, 4.69) is 15.9 Å². The first-order valence-corrected chi connectivity index (χ1v) is 16.0. The van der Waals surface area contributed by atoms with E-state index < -0.39 is 12.0 Å². The van der Waals surface area contributed by atoms with Crippen LogP contribution >= 0.6 is 27.3 Å². The third-order valence-corrected chi connectivity index (χ3v) is 8.68. The summed E-state index contributed by atoms with van der Waals surface area (Å²) in [6.45, 7) is 3.96. The Hall–Kier alpha value is -4.22. The quantitative estimate of drug-likeness (QED) is 0.177. The lowest BCUT2D eigenvalue weighted by atomic mass is 9.93. The van der Waals surface area contributed by atoms with E-state index >= 15 is 0 Å². The maximum Gasteiger partial charge on any atom is 0.338 e. The molecule has 0 aliphatic carbocycles. The van der Waals surface area contributed by atoms with Crippen molar-refractivity contribution in [2.75, 3.05) is 20.8 Å². The minimum Gasteiger partial charge on any atom is -0.496 e. The van der Waals surface area contributed by atoms with Gasteiger partial charge in [0.15, 0.2) is 16.3 Å². The number of esters is 1. The molecule has 1 atom stereocenters. The monoisotopic (exact) mass is 694 g/mol. The first kappa shape index (κ1) is 32.2. The summed E-state index contributed by atoms with van der Waals surface area (Å²) in [5.41, 5.74) is 2.31. The number of hydrogen-bond donors (Lipinski definition) is 0. The fourth-order valence-electron chi connectivity index (χ4n) is 5.15. The number of carbonyl (C=O) groups is 1. The summed E-state index contributed by atoms with van der Waals surface area (Å²) in [5.74, 6) is 0.508. The van der Waals surface area contributed by atoms with Crippen molar-refractivity contribution in [1.29, 1.82) is 0 Å². The van der Waals surface area contributed by atoms with Crippen molar-refractivity contribution in [2.24, 2.45) is 4.99 Å². The summed E-state index contributed by atoms with van der Waals surface area (Å²) < 4.78 is 39.4. The second-order valence-electron chi connectivity index (χ2n) is 10.1. The molecule has 11 heteroatoms. The molecule has 4 aromatic rings. The number of allylic oxidation sites excluding steroid dienone is 1. The van der Waals surface area contributed by atoms with Crippen molar-refractivity contribution in [3.63, 3.8) is 0 Å². The molecule has 1 aromatic heterocycles. The van der Waals surface area contributed by atoms with Gasteiger partial charge in [-0.25, -0.2) is 14.2 Å². The van der Waals surface area contributed by atoms with E-state index in [1.807, 2.05) is 19.1 Å². The van der Waals surface area contributed by atoms with Crippen LogP contribution in [0.5, 0.6) is 17.2 Å². The van der Waals surface area contributed by atoms with Gasteiger partial charge < -0.3 is 18.9 Å². The highest BCUT2D eigenvalue weighted by atomic mass is 79.9. The van der Waals surface area contributed by atoms with E-state index in [-0.39, 0.29) is 24.6 Å². The molecule has 234 valence electrons. The first-order valence-electron chi connectivity index (χ1n) is 14.4. The lowest BCUT2D eigenvalue weighted by Gasteiger charge is -2.27. The Kier molecular flexibility index (Phi) is 10.2. The molecule has 1 aliphatic rings. The Morgan fingerprint density at radius 2 is 1.80 bits per heavy atom. The van der Waals surface area contributed by atoms with E-state index in [1.54, 1.807) is 62.6 Å². The number of ether oxygens (including phenoxy) is 4. The number of nitrogens with zero attached hydrogens (tertiary/aromatic N) is 2. The largest absolute Gasteiger partial charge is 0.496 e. The second kappa shape index (κ2) is 14.3. The average molecular weight is 696 g/mol. The number of fused-ring (bicyclic) bond motifs is 1. The summed E-state index contributed by atoms with van der Waals surface area (Å²) in [6.07, 6.45) is 3.01. The number of hydrogen-bond acceptors (Lipinski definition) is 8. The molecule has 0 unspecified atom stereocenters. The van der Waals surface area contributed by atoms with Gasteiger partial charge in [-0.15, -0.1) is 0 Å². The maximum absolute atomic E-state index is 14.2. The van der Waals surface area contributed by atoms with Crippen LogP contribution < -0.4 is 29.1 Å². The van der Waals surface area contributed by atoms with Gasteiger partial charge >= 0.3 is 5.97 Å². The van der Waals surface area contributed by atoms with Gasteiger partial charge in [0.25, 0.3) is 5.56 Å². The van der Waals surface area contributed by atoms with E-state index in [4.69, 9.17) is 23.9 Å². The van der Waals surface area contributed by atoms with Crippen molar-refractivity contribution < 1.29 is 28.1 Å². The SMILES string of the molecule is CCCC1=C(C(=O)OCC)[C@@H](c2cc(Br)ccc2OC)n2c(s/c(=C/c3ccc(OCc4ccccc4F)c(OC)c3)c2=O)=N1. The number of thiazole rings is 1. The molecule has 0 saturated carbocycles. The van der Waals surface area contributed by atoms with Gasteiger partial charge in [-0.1, -0.05) is 64.9 Å². The van der Waals surface area contributed by atoms with E-state index in [9.17, 15) is 14.0 Å². The van der Waals surface area contributed by atoms with E-state index in [0.29, 0.717) is 61.0 Å². The molecule has 8 nitrogen and oxygen atoms in total. The highest BCUT2D eigenvalue weighted by Crippen LogP contribution is 2.38. The summed E-state index contributed by atoms with van der Waals surface area (Å²) in [4.78, 5) is 32.9. The van der Waals surface area contributed by atoms with Crippen molar-refractivity contribution >= 4 is 39.3 Å². The van der Waals surface area contributed by atoms with Gasteiger partial charge in [0.05, 0.1) is 36.6 Å². The smallest absolute Gasteiger partial charge is 0.338 e. The number of benzene rings is 3. The molecular formula is C34H32BrFN2O6S. The van der Waals surface area contributed by atoms with Crippen LogP contribution in [0.3, 0.4) is 0 Å². The predicted molar refractivity (Wildman–Crippen MR) is 174 cm³/mol. The predicted octanol–water partition coefficient (Wildman–Crippen LogP) is 6.08. The molecule has 5 rings (SSSR count). The van der Waals surface area contributed by atoms with Crippen molar-refractivity contribution in [3.8, 4) is 17.2 Å². The Morgan fingerprint density at radius 1 is 1.04 bits per heavy atom. The van der Waals surface area contributed by atoms with Crippen LogP contribution in [0.15, 0.2) is 86.2 Å². The van der Waals surface area contributed by atoms with Crippen LogP contribution in [-0.4, -0.2) is 31.4 Å². The van der Waals surface area contributed by atoms with Gasteiger partial charge in [-0.05, 0) is 61.4 Å². The molecule has 45 heavy (non-hydrogen) atoms. The number of aromatic nitrogens is 1. The number of methoxy groups -OCH3 is 2. The normalized spacial score (nSPS) is 14.5. The molecule has 0 amide bonds. The molecule has 1 aliphatic heterocycles. The van der Waals surface area contributed by atoms with Crippen LogP contribution in [0.1, 0.15) is 49.4 Å². The van der Waals surface area contributed by atoms with Crippen molar-refractivity contribution in [3.05, 3.63) is 119 Å². The van der Waals surface area contributed by atoms with E-state index in [0.717, 1.165) is 10.9 Å². The molecule has 0 N–H and O–H groups in total. The van der Waals surface area contributed by atoms with Gasteiger partial charge in [0, 0.05) is 15.6 Å². The third-order valence-electron chi connectivity index (χ3n) is 7.20. The molecular weight excluding hydrogens is 663 g/mol. The van der Waals surface area contributed by atoms with Crippen LogP contribution in [0.4, 0.5) is 4.39 Å². The van der Waals surface area contributed by atoms with Crippen molar-refractivity contribution in [1.82, 2.24) is 4.57 Å². The Balaban J connectivity index is 1.62. The lowest BCUT2D eigenvalue weighted by molar-refractivity contribution is -0.139. The fraction of sp³-hybridized carbons (Fsp3) is 0.265. The Bertz CT molecular complexity index is 1950. The minimum atomic E-state index is -0.819. The maximum atomic E-state index is 14.2. The molecule has 0 saturated heterocycles. The molecule has 0 bridgehead atoms. The van der Waals surface area contributed by atoms with Gasteiger partial charge in [0.1, 0.15) is 24.2 Å². The molecule has 0 spiro atoms. The molecule has 0 fully saturated rings. The fourth-order valence-corrected chi connectivity index (χ4v) is 6.55. The molecule has 0 radical (unpaired) electrons. The van der Waals surface area contributed by atoms with Gasteiger partial charge in [0.2, 0.25) is 0 Å². The highest BCUT2D eigenvalue weighted by molar-refractivity contribution is 9.10. The van der Waals surface area contributed by atoms with Gasteiger partial charge in [-0.3, -0.25) is 9.36 Å². The standard InChI is InChI=1S/C34H32BrFN2O6S/c1-5-9-25-30(33(40)43-6-2)31(23-18-22(35)13-15-26(23)41-3)38-32(39)29(45-34(38)37-25)17-20-12-14-27(28(16-20)42-4)44-19-21-10-7-8-11-24(21)36/h7-8,10-18,31H,5-6,9,19H2,1-4H3/b29-17+/t31-/m1/s1. The lowest BCUT2D eigenvalue weighted by Crippen LogP contribution is -2.40. The number of carbonyl (C=O) groups excluding carboxylic acids is 1. The average Bonchev–Trinajstić information content (AvgIpc) is 3.34. The van der Waals surface area contributed by atoms with Crippen LogP contribution in [0.25, 0.3) is 6.08 Å². The number of rotatable bonds is 11. The summed E-state index contributed by atoms with van der Waals surface area (Å²) in [7, 11) is 3.06. The molecule has 2 heterocycles. The zero-order valence-electron chi connectivity index (χ0n) is 25.3. The third kappa shape index (κ3) is 6.74. The zero-order valence-corrected chi connectivity index (χ0v) is 27.7. The Labute approximate surface area is 272 Å². The van der Waals surface area contributed by atoms with Crippen LogP contribution in [-0.2, 0) is 16.1 Å². The summed E-state index contributed by atoms with van der Waals surface area (Å²) in [5, 5.41) is 0. The number of halogens is 2. The zero-order chi connectivity index (χ0) is 32.1. The Morgan fingerprint density at radius 3 is 2.51 bits per heavy atom. The highest BCUT2D eigenvalue weighted by Gasteiger charge is 2.36. The summed E-state index contributed by atoms with van der Waals surface area (Å²) in [6, 6.07) is 16.3. The minimum absolute atomic E-state index is 0.0307. The first-order chi connectivity index (χ1) is 21.8. The molecule has 3 aromatic carbocycles. The second-order valence-corrected chi connectivity index (χ2v) is 12.0. The summed E-state index contributed by atoms with van der Waals surface area (Å²) >= 11 is 4.77. The van der Waals surface area contributed by atoms with E-state index in [1.165, 1.54) is 29.1 Å². The van der Waals surface area contributed by atoms with Gasteiger partial charge in [-0.2, -0.15) is 0 Å².